The molecule has 21 heavy (non-hydrogen) atoms. The summed E-state index contributed by atoms with van der Waals surface area (Å²) in [6.07, 6.45) is 6.91. The van der Waals surface area contributed by atoms with E-state index in [2.05, 4.69) is 36.0 Å². The minimum absolute atomic E-state index is 0.0851. The highest BCUT2D eigenvalue weighted by Crippen LogP contribution is 2.19. The predicted molar refractivity (Wildman–Crippen MR) is 88.1 cm³/mol. The number of aryl methyl sites for hydroxylation is 1. The Morgan fingerprint density at radius 2 is 2.24 bits per heavy atom. The summed E-state index contributed by atoms with van der Waals surface area (Å²) in [7, 11) is 0. The molecule has 0 atom stereocenters. The predicted octanol–water partition coefficient (Wildman–Crippen LogP) is 3.37. The van der Waals surface area contributed by atoms with Crippen molar-refractivity contribution < 1.29 is 4.79 Å². The normalized spacial score (nSPS) is 12.0. The van der Waals surface area contributed by atoms with Crippen molar-refractivity contribution in [1.82, 2.24) is 4.57 Å². The molecule has 0 aliphatic rings. The standard InChI is InChI=1S/C17H20N2OS/c1-5-9-19-14-8-7-13(6-2)11-15(14)21-17(19)18-16(20)10-12(3)4/h1,7-8,11-12H,6,9-10H2,2-4H3. The average molecular weight is 300 g/mol. The van der Waals surface area contributed by atoms with Crippen LogP contribution in [-0.2, 0) is 17.8 Å². The second kappa shape index (κ2) is 6.73. The van der Waals surface area contributed by atoms with Crippen molar-refractivity contribution in [3.63, 3.8) is 0 Å². The lowest BCUT2D eigenvalue weighted by Crippen LogP contribution is -2.16. The molecule has 0 saturated heterocycles. The molecule has 0 unspecified atom stereocenters. The lowest BCUT2D eigenvalue weighted by Gasteiger charge is -2.01. The second-order valence-corrected chi connectivity index (χ2v) is 6.44. The maximum atomic E-state index is 12.0. The third-order valence-corrected chi connectivity index (χ3v) is 4.25. The van der Waals surface area contributed by atoms with Crippen LogP contribution in [0.1, 0.15) is 32.8 Å². The van der Waals surface area contributed by atoms with Gasteiger partial charge in [-0.05, 0) is 30.0 Å². The van der Waals surface area contributed by atoms with Gasteiger partial charge in [-0.25, -0.2) is 0 Å². The number of carbonyl (C=O) groups excluding carboxylic acids is 1. The van der Waals surface area contributed by atoms with Crippen molar-refractivity contribution in [3.05, 3.63) is 28.6 Å². The molecule has 0 aliphatic heterocycles. The maximum Gasteiger partial charge on any atom is 0.248 e. The molecule has 110 valence electrons. The van der Waals surface area contributed by atoms with Gasteiger partial charge < -0.3 is 4.57 Å². The van der Waals surface area contributed by atoms with Crippen LogP contribution in [0.3, 0.4) is 0 Å². The van der Waals surface area contributed by atoms with Crippen molar-refractivity contribution in [2.45, 2.75) is 40.2 Å². The lowest BCUT2D eigenvalue weighted by atomic mass is 10.1. The van der Waals surface area contributed by atoms with Crippen molar-refractivity contribution in [2.75, 3.05) is 0 Å². The quantitative estimate of drug-likeness (QED) is 0.797. The number of fused-ring (bicyclic) bond motifs is 1. The molecule has 1 aromatic heterocycles. The van der Waals surface area contributed by atoms with E-state index in [-0.39, 0.29) is 5.91 Å². The van der Waals surface area contributed by atoms with Crippen molar-refractivity contribution in [1.29, 1.82) is 0 Å². The Hall–Kier alpha value is -1.86. The van der Waals surface area contributed by atoms with Crippen molar-refractivity contribution in [2.24, 2.45) is 10.9 Å². The first-order chi connectivity index (χ1) is 10.0. The van der Waals surface area contributed by atoms with Crippen LogP contribution in [0.15, 0.2) is 23.2 Å². The minimum atomic E-state index is -0.0851. The van der Waals surface area contributed by atoms with E-state index in [0.717, 1.165) is 16.6 Å². The van der Waals surface area contributed by atoms with Gasteiger partial charge in [0.05, 0.1) is 16.8 Å². The highest BCUT2D eigenvalue weighted by atomic mass is 32.1. The summed E-state index contributed by atoms with van der Waals surface area (Å²) in [5.74, 6) is 2.87. The van der Waals surface area contributed by atoms with Crippen LogP contribution in [0.25, 0.3) is 10.2 Å². The Morgan fingerprint density at radius 1 is 1.48 bits per heavy atom. The van der Waals surface area contributed by atoms with E-state index in [9.17, 15) is 4.79 Å². The van der Waals surface area contributed by atoms with Gasteiger partial charge in [0, 0.05) is 6.42 Å². The van der Waals surface area contributed by atoms with Crippen LogP contribution in [0.5, 0.6) is 0 Å². The molecule has 0 aliphatic carbocycles. The Morgan fingerprint density at radius 3 is 2.86 bits per heavy atom. The summed E-state index contributed by atoms with van der Waals surface area (Å²) in [4.78, 5) is 16.9. The minimum Gasteiger partial charge on any atom is -0.305 e. The van der Waals surface area contributed by atoms with Gasteiger partial charge in [-0.2, -0.15) is 4.99 Å². The Labute approximate surface area is 129 Å². The number of terminal acetylenes is 1. The van der Waals surface area contributed by atoms with Gasteiger partial charge in [-0.1, -0.05) is 44.1 Å². The molecule has 0 bridgehead atoms. The molecule has 0 saturated carbocycles. The zero-order valence-electron chi connectivity index (χ0n) is 12.7. The van der Waals surface area contributed by atoms with Crippen LogP contribution in [0, 0.1) is 18.3 Å². The molecule has 1 amide bonds. The molecule has 1 aromatic carbocycles. The third kappa shape index (κ3) is 3.62. The molecule has 0 radical (unpaired) electrons. The average Bonchev–Trinajstić information content (AvgIpc) is 2.75. The second-order valence-electron chi connectivity index (χ2n) is 5.43. The summed E-state index contributed by atoms with van der Waals surface area (Å²) in [5.41, 5.74) is 2.32. The van der Waals surface area contributed by atoms with Crippen LogP contribution >= 0.6 is 11.3 Å². The number of nitrogens with zero attached hydrogens (tertiary/aromatic N) is 2. The monoisotopic (exact) mass is 300 g/mol. The van der Waals surface area contributed by atoms with Gasteiger partial charge in [0.25, 0.3) is 0 Å². The summed E-state index contributed by atoms with van der Waals surface area (Å²) < 4.78 is 3.07. The van der Waals surface area contributed by atoms with E-state index < -0.39 is 0 Å². The van der Waals surface area contributed by atoms with Crippen molar-refractivity contribution in [3.8, 4) is 12.3 Å². The maximum absolute atomic E-state index is 12.0. The Kier molecular flexibility index (Phi) is 4.98. The van der Waals surface area contributed by atoms with E-state index in [1.165, 1.54) is 16.9 Å². The summed E-state index contributed by atoms with van der Waals surface area (Å²) in [6, 6.07) is 6.31. The molecule has 3 nitrogen and oxygen atoms in total. The first-order valence-corrected chi connectivity index (χ1v) is 8.00. The smallest absolute Gasteiger partial charge is 0.248 e. The SMILES string of the molecule is C#CCn1c(=NC(=O)CC(C)C)sc2cc(CC)ccc21. The van der Waals surface area contributed by atoms with Gasteiger partial charge in [-0.3, -0.25) is 4.79 Å². The van der Waals surface area contributed by atoms with E-state index in [1.54, 1.807) is 0 Å². The van der Waals surface area contributed by atoms with Crippen LogP contribution < -0.4 is 4.80 Å². The highest BCUT2D eigenvalue weighted by Gasteiger charge is 2.09. The van der Waals surface area contributed by atoms with Crippen LogP contribution in [0.4, 0.5) is 0 Å². The van der Waals surface area contributed by atoms with Crippen LogP contribution in [-0.4, -0.2) is 10.5 Å². The first kappa shape index (κ1) is 15.5. The zero-order chi connectivity index (χ0) is 15.4. The molecule has 1 heterocycles. The number of hydrogen-bond donors (Lipinski definition) is 0. The molecule has 0 fully saturated rings. The Bertz CT molecular complexity index is 759. The summed E-state index contributed by atoms with van der Waals surface area (Å²) in [5, 5.41) is 0. The lowest BCUT2D eigenvalue weighted by molar-refractivity contribution is -0.118. The molecule has 2 rings (SSSR count). The molecule has 0 spiro atoms. The molecular formula is C17H20N2OS. The fourth-order valence-electron chi connectivity index (χ4n) is 2.17. The molecular weight excluding hydrogens is 280 g/mol. The Balaban J connectivity index is 2.56. The number of aromatic nitrogens is 1. The first-order valence-electron chi connectivity index (χ1n) is 7.18. The number of benzene rings is 1. The van der Waals surface area contributed by atoms with E-state index in [1.807, 2.05) is 18.4 Å². The molecule has 4 heteroatoms. The van der Waals surface area contributed by atoms with Gasteiger partial charge in [0.2, 0.25) is 5.91 Å². The molecule has 2 aromatic rings. The fraction of sp³-hybridized carbons (Fsp3) is 0.412. The van der Waals surface area contributed by atoms with Crippen LogP contribution in [0.2, 0.25) is 0 Å². The topological polar surface area (TPSA) is 34.4 Å². The summed E-state index contributed by atoms with van der Waals surface area (Å²) >= 11 is 1.53. The molecule has 0 N–H and O–H groups in total. The number of carbonyl (C=O) groups is 1. The third-order valence-electron chi connectivity index (χ3n) is 3.21. The number of hydrogen-bond acceptors (Lipinski definition) is 2. The fourth-order valence-corrected chi connectivity index (χ4v) is 3.28. The summed E-state index contributed by atoms with van der Waals surface area (Å²) in [6.45, 7) is 6.59. The van der Waals surface area contributed by atoms with Crippen molar-refractivity contribution >= 4 is 27.5 Å². The van der Waals surface area contributed by atoms with Gasteiger partial charge in [-0.15, -0.1) is 6.42 Å². The largest absolute Gasteiger partial charge is 0.305 e. The highest BCUT2D eigenvalue weighted by molar-refractivity contribution is 7.16. The number of amides is 1. The van der Waals surface area contributed by atoms with E-state index in [0.29, 0.717) is 23.7 Å². The zero-order valence-corrected chi connectivity index (χ0v) is 13.5. The number of thiazole rings is 1. The van der Waals surface area contributed by atoms with Gasteiger partial charge >= 0.3 is 0 Å². The van der Waals surface area contributed by atoms with E-state index in [4.69, 9.17) is 6.42 Å². The van der Waals surface area contributed by atoms with E-state index >= 15 is 0 Å². The van der Waals surface area contributed by atoms with Gasteiger partial charge in [0.1, 0.15) is 0 Å². The number of rotatable bonds is 4. The van der Waals surface area contributed by atoms with Gasteiger partial charge in [0.15, 0.2) is 4.80 Å².